The van der Waals surface area contributed by atoms with Gasteiger partial charge in [0.25, 0.3) is 0 Å². The molecular weight excluding hydrogens is 175 g/mol. The van der Waals surface area contributed by atoms with Gasteiger partial charge < -0.3 is 0 Å². The van der Waals surface area contributed by atoms with Crippen LogP contribution >= 0.6 is 0 Å². The zero-order valence-corrected chi connectivity index (χ0v) is 7.44. The van der Waals surface area contributed by atoms with E-state index in [1.807, 2.05) is 12.2 Å². The number of hydrogen-bond donors (Lipinski definition) is 0. The zero-order valence-electron chi connectivity index (χ0n) is 4.98. The molecule has 0 radical (unpaired) electrons. The molecule has 0 spiro atoms. The van der Waals surface area contributed by atoms with Gasteiger partial charge in [-0.15, -0.1) is 0 Å². The van der Waals surface area contributed by atoms with E-state index in [9.17, 15) is 0 Å². The van der Waals surface area contributed by atoms with Crippen molar-refractivity contribution in [3.05, 3.63) is 25.3 Å². The molecule has 0 amide bonds. The Labute approximate surface area is 65.6 Å². The first-order valence-electron chi connectivity index (χ1n) is 2.59. The Morgan fingerprint density at radius 1 is 1.25 bits per heavy atom. The molecule has 0 fully saturated rings. The monoisotopic (exact) mass is 184 g/mol. The summed E-state index contributed by atoms with van der Waals surface area (Å²) in [6, 6.07) is 0. The van der Waals surface area contributed by atoms with Gasteiger partial charge in [0.2, 0.25) is 0 Å². The maximum absolute atomic E-state index is 3.64. The van der Waals surface area contributed by atoms with E-state index < -0.39 is 0 Å². The van der Waals surface area contributed by atoms with Crippen LogP contribution in [0.4, 0.5) is 0 Å². The molecule has 0 unspecified atom stereocenters. The van der Waals surface area contributed by atoms with Gasteiger partial charge in [0.05, 0.1) is 0 Å². The van der Waals surface area contributed by atoms with Gasteiger partial charge in [0.1, 0.15) is 0 Å². The molecule has 0 aromatic heterocycles. The molecule has 0 aliphatic carbocycles. The number of rotatable bonds is 4. The van der Waals surface area contributed by atoms with Crippen LogP contribution in [-0.4, -0.2) is 3.21 Å². The molecule has 0 aromatic rings. The van der Waals surface area contributed by atoms with Crippen molar-refractivity contribution in [2.75, 3.05) is 0 Å². The minimum atomic E-state index is 1.06. The van der Waals surface area contributed by atoms with E-state index in [-0.39, 0.29) is 0 Å². The molecule has 0 aliphatic rings. The molecule has 0 nitrogen and oxygen atoms in total. The average molecular weight is 185 g/mol. The van der Waals surface area contributed by atoms with Crippen LogP contribution in [-0.2, 0) is 24.2 Å². The van der Waals surface area contributed by atoms with E-state index in [1.54, 1.807) is 0 Å². The second kappa shape index (κ2) is 5.37. The molecule has 0 saturated heterocycles. The first kappa shape index (κ1) is 8.23. The average Bonchev–Trinajstić information content (AvgIpc) is 1.68. The second-order valence-electron chi connectivity index (χ2n) is 1.59. The number of allylic oxidation sites excluding steroid dienone is 2. The molecule has 8 heavy (non-hydrogen) atoms. The third-order valence-corrected chi connectivity index (χ3v) is 1.78. The van der Waals surface area contributed by atoms with Gasteiger partial charge in [-0.3, -0.25) is 0 Å². The van der Waals surface area contributed by atoms with Gasteiger partial charge in [0, 0.05) is 0 Å². The Balaban J connectivity index is 3.32. The summed E-state index contributed by atoms with van der Waals surface area (Å²) in [4.78, 5) is 0. The molecule has 0 N–H and O–H groups in total. The van der Waals surface area contributed by atoms with E-state index in [1.165, 1.54) is 27.4 Å². The Hall–Kier alpha value is 0.233. The van der Waals surface area contributed by atoms with Crippen molar-refractivity contribution in [3.63, 3.8) is 0 Å². The molecule has 40 valence electrons. The van der Waals surface area contributed by atoms with Gasteiger partial charge in [-0.05, 0) is 0 Å². The van der Waals surface area contributed by atoms with Crippen LogP contribution in [0, 0.1) is 0 Å². The Bertz CT molecular complexity index is 91.0. The zero-order chi connectivity index (χ0) is 6.41. The fourth-order valence-electron chi connectivity index (χ4n) is 0.432. The van der Waals surface area contributed by atoms with E-state index >= 15 is 0 Å². The molecule has 0 rings (SSSR count). The van der Waals surface area contributed by atoms with E-state index in [0.29, 0.717) is 0 Å². The number of hydrogen-bond acceptors (Lipinski definition) is 0. The Morgan fingerprint density at radius 3 is 1.88 bits per heavy atom. The standard InChI is InChI=1S/C7H10.Zr/c1-3-5-7-6-4-2;/h3-4H,1-2,5-6H2;/q;+2. The van der Waals surface area contributed by atoms with Crippen LogP contribution in [0.1, 0.15) is 12.8 Å². The first-order valence-corrected chi connectivity index (χ1v) is 3.82. The van der Waals surface area contributed by atoms with Crippen LogP contribution in [0.5, 0.6) is 0 Å². The van der Waals surface area contributed by atoms with Gasteiger partial charge in [-0.1, -0.05) is 0 Å². The van der Waals surface area contributed by atoms with Crippen molar-refractivity contribution in [3.8, 4) is 0 Å². The predicted molar refractivity (Wildman–Crippen MR) is 34.6 cm³/mol. The van der Waals surface area contributed by atoms with Crippen LogP contribution in [0.3, 0.4) is 0 Å². The van der Waals surface area contributed by atoms with E-state index in [4.69, 9.17) is 0 Å². The topological polar surface area (TPSA) is 0 Å². The minimum absolute atomic E-state index is 1.06. The Kier molecular flexibility index (Phi) is 5.53. The first-order chi connectivity index (χ1) is 3.81. The summed E-state index contributed by atoms with van der Waals surface area (Å²) in [7, 11) is 0. The summed E-state index contributed by atoms with van der Waals surface area (Å²) < 4.78 is 1.52. The van der Waals surface area contributed by atoms with Crippen LogP contribution in [0.15, 0.2) is 25.3 Å². The normalized spacial score (nSPS) is 8.25. The van der Waals surface area contributed by atoms with Crippen molar-refractivity contribution >= 4 is 3.21 Å². The molecule has 1 heteroatoms. The quantitative estimate of drug-likeness (QED) is 0.587. The molecule has 0 heterocycles. The molecule has 0 aliphatic heterocycles. The van der Waals surface area contributed by atoms with Crippen molar-refractivity contribution in [1.29, 1.82) is 0 Å². The van der Waals surface area contributed by atoms with Gasteiger partial charge in [0.15, 0.2) is 0 Å². The van der Waals surface area contributed by atoms with Crippen LogP contribution in [0.25, 0.3) is 0 Å². The van der Waals surface area contributed by atoms with Crippen molar-refractivity contribution in [2.45, 2.75) is 12.8 Å². The third-order valence-electron chi connectivity index (χ3n) is 0.781. The second-order valence-corrected chi connectivity index (χ2v) is 3.33. The summed E-state index contributed by atoms with van der Waals surface area (Å²) in [6.45, 7) is 7.28. The summed E-state index contributed by atoms with van der Waals surface area (Å²) in [5, 5.41) is 0. The summed E-state index contributed by atoms with van der Waals surface area (Å²) in [5.74, 6) is 0. The fourth-order valence-corrected chi connectivity index (χ4v) is 1.14. The maximum atomic E-state index is 3.64. The molecular formula is C7H10Zr+2. The van der Waals surface area contributed by atoms with Gasteiger partial charge in [-0.25, -0.2) is 0 Å². The summed E-state index contributed by atoms with van der Waals surface area (Å²) in [6.07, 6.45) is 6.00. The molecule has 0 bridgehead atoms. The van der Waals surface area contributed by atoms with Crippen molar-refractivity contribution in [1.82, 2.24) is 0 Å². The van der Waals surface area contributed by atoms with Crippen molar-refractivity contribution < 1.29 is 24.2 Å². The Morgan fingerprint density at radius 2 is 1.62 bits per heavy atom. The molecule has 0 aromatic carbocycles. The molecule has 0 atom stereocenters. The van der Waals surface area contributed by atoms with E-state index in [0.717, 1.165) is 12.8 Å². The van der Waals surface area contributed by atoms with Gasteiger partial charge >= 0.3 is 65.6 Å². The van der Waals surface area contributed by atoms with Crippen LogP contribution < -0.4 is 0 Å². The summed E-state index contributed by atoms with van der Waals surface area (Å²) >= 11 is 1.51. The van der Waals surface area contributed by atoms with Crippen molar-refractivity contribution in [2.24, 2.45) is 0 Å². The summed E-state index contributed by atoms with van der Waals surface area (Å²) in [5.41, 5.74) is 0. The fraction of sp³-hybridized carbons (Fsp3) is 0.286. The molecule has 0 saturated carbocycles. The third kappa shape index (κ3) is 4.39. The predicted octanol–water partition coefficient (Wildman–Crippen LogP) is 1.86. The van der Waals surface area contributed by atoms with E-state index in [2.05, 4.69) is 13.2 Å². The van der Waals surface area contributed by atoms with Gasteiger partial charge in [-0.2, -0.15) is 0 Å². The van der Waals surface area contributed by atoms with Crippen LogP contribution in [0.2, 0.25) is 0 Å². The SMILES string of the molecule is C=CC[C](=[Zr+2])CC=C.